The van der Waals surface area contributed by atoms with Gasteiger partial charge in [0.25, 0.3) is 0 Å². The fourth-order valence-electron chi connectivity index (χ4n) is 1.61. The van der Waals surface area contributed by atoms with Crippen molar-refractivity contribution in [2.45, 2.75) is 26.3 Å². The first-order valence-electron chi connectivity index (χ1n) is 5.90. The van der Waals surface area contributed by atoms with Gasteiger partial charge < -0.3 is 15.2 Å². The molecule has 1 unspecified atom stereocenters. The third-order valence-corrected chi connectivity index (χ3v) is 2.65. The second-order valence-electron chi connectivity index (χ2n) is 3.92. The van der Waals surface area contributed by atoms with Gasteiger partial charge in [0, 0.05) is 7.11 Å². The van der Waals surface area contributed by atoms with Crippen LogP contribution in [0.25, 0.3) is 0 Å². The third-order valence-electron chi connectivity index (χ3n) is 2.65. The van der Waals surface area contributed by atoms with Crippen LogP contribution in [0.4, 0.5) is 0 Å². The zero-order chi connectivity index (χ0) is 14.4. The van der Waals surface area contributed by atoms with Gasteiger partial charge in [0.2, 0.25) is 5.91 Å². The normalized spacial score (nSPS) is 12.2. The van der Waals surface area contributed by atoms with Gasteiger partial charge in [0.15, 0.2) is 5.69 Å². The van der Waals surface area contributed by atoms with E-state index in [1.807, 2.05) is 0 Å². The largest absolute Gasteiger partial charge is 0.458 e. The highest BCUT2D eigenvalue weighted by molar-refractivity contribution is 5.88. The van der Waals surface area contributed by atoms with Gasteiger partial charge in [-0.15, -0.1) is 5.10 Å². The fourth-order valence-corrected chi connectivity index (χ4v) is 1.61. The van der Waals surface area contributed by atoms with Crippen LogP contribution in [-0.4, -0.2) is 47.2 Å². The van der Waals surface area contributed by atoms with Gasteiger partial charge in [0.1, 0.15) is 12.6 Å². The summed E-state index contributed by atoms with van der Waals surface area (Å²) in [5.41, 5.74) is 5.80. The van der Waals surface area contributed by atoms with E-state index in [1.54, 1.807) is 13.8 Å². The fraction of sp³-hybridized carbons (Fsp3) is 0.636. The van der Waals surface area contributed by atoms with Gasteiger partial charge >= 0.3 is 5.97 Å². The Bertz CT molecular complexity index is 458. The molecule has 1 aromatic heterocycles. The number of amides is 1. The summed E-state index contributed by atoms with van der Waals surface area (Å²) in [6, 6.07) is -0.618. The molecule has 0 saturated carbocycles. The Morgan fingerprint density at radius 3 is 2.63 bits per heavy atom. The van der Waals surface area contributed by atoms with Gasteiger partial charge in [-0.1, -0.05) is 12.1 Å². The molecule has 0 aliphatic heterocycles. The SMILES string of the molecule is CCC(C(N)=O)n1nnc(C(=O)OCCOC)c1C. The predicted molar refractivity (Wildman–Crippen MR) is 65.4 cm³/mol. The van der Waals surface area contributed by atoms with Crippen molar-refractivity contribution in [2.24, 2.45) is 5.73 Å². The lowest BCUT2D eigenvalue weighted by atomic mass is 10.2. The third kappa shape index (κ3) is 3.50. The van der Waals surface area contributed by atoms with E-state index in [0.29, 0.717) is 18.7 Å². The van der Waals surface area contributed by atoms with E-state index in [2.05, 4.69) is 10.3 Å². The molecule has 0 radical (unpaired) electrons. The second-order valence-corrected chi connectivity index (χ2v) is 3.92. The molecule has 0 aromatic carbocycles. The first-order chi connectivity index (χ1) is 9.02. The molecule has 0 fully saturated rings. The number of carbonyl (C=O) groups excluding carboxylic acids is 2. The number of hydrogen-bond acceptors (Lipinski definition) is 6. The van der Waals surface area contributed by atoms with E-state index in [9.17, 15) is 9.59 Å². The van der Waals surface area contributed by atoms with Gasteiger partial charge in [-0.25, -0.2) is 9.48 Å². The van der Waals surface area contributed by atoms with Crippen LogP contribution in [-0.2, 0) is 14.3 Å². The molecule has 8 nitrogen and oxygen atoms in total. The van der Waals surface area contributed by atoms with Crippen LogP contribution in [0.3, 0.4) is 0 Å². The predicted octanol–water partition coefficient (Wildman–Crippen LogP) is -0.174. The zero-order valence-electron chi connectivity index (χ0n) is 11.3. The van der Waals surface area contributed by atoms with Crippen LogP contribution in [0.2, 0.25) is 0 Å². The summed E-state index contributed by atoms with van der Waals surface area (Å²) in [4.78, 5) is 23.0. The lowest BCUT2D eigenvalue weighted by molar-refractivity contribution is -0.121. The summed E-state index contributed by atoms with van der Waals surface area (Å²) in [5, 5.41) is 7.53. The minimum absolute atomic E-state index is 0.0794. The number of nitrogens with zero attached hydrogens (tertiary/aromatic N) is 3. The van der Waals surface area contributed by atoms with E-state index in [0.717, 1.165) is 0 Å². The quantitative estimate of drug-likeness (QED) is 0.544. The Labute approximate surface area is 110 Å². The number of primary amides is 1. The average Bonchev–Trinajstić information content (AvgIpc) is 2.72. The minimum atomic E-state index is -0.618. The number of carbonyl (C=O) groups is 2. The van der Waals surface area contributed by atoms with Crippen molar-refractivity contribution in [3.63, 3.8) is 0 Å². The molecule has 0 aliphatic carbocycles. The first kappa shape index (κ1) is 15.1. The maximum atomic E-state index is 11.7. The summed E-state index contributed by atoms with van der Waals surface area (Å²) < 4.78 is 11.1. The maximum Gasteiger partial charge on any atom is 0.360 e. The summed E-state index contributed by atoms with van der Waals surface area (Å²) in [6.45, 7) is 3.87. The smallest absolute Gasteiger partial charge is 0.360 e. The van der Waals surface area contributed by atoms with Crippen molar-refractivity contribution in [1.29, 1.82) is 0 Å². The number of methoxy groups -OCH3 is 1. The van der Waals surface area contributed by atoms with Crippen LogP contribution < -0.4 is 5.73 Å². The standard InChI is InChI=1S/C11H18N4O4/c1-4-8(10(12)16)15-7(2)9(13-14-15)11(17)19-6-5-18-3/h8H,4-6H2,1-3H3,(H2,12,16). The van der Waals surface area contributed by atoms with Gasteiger partial charge in [-0.2, -0.15) is 0 Å². The Kier molecular flexibility index (Phi) is 5.43. The number of hydrogen-bond donors (Lipinski definition) is 1. The average molecular weight is 270 g/mol. The number of rotatable bonds is 7. The van der Waals surface area contributed by atoms with E-state index in [1.165, 1.54) is 11.8 Å². The summed E-state index contributed by atoms with van der Waals surface area (Å²) in [5.74, 6) is -1.12. The van der Waals surface area contributed by atoms with Crippen LogP contribution in [0.5, 0.6) is 0 Å². The van der Waals surface area contributed by atoms with Crippen molar-refractivity contribution >= 4 is 11.9 Å². The van der Waals surface area contributed by atoms with Crippen molar-refractivity contribution in [3.8, 4) is 0 Å². The number of nitrogens with two attached hydrogens (primary N) is 1. The van der Waals surface area contributed by atoms with Crippen molar-refractivity contribution in [3.05, 3.63) is 11.4 Å². The Balaban J connectivity index is 2.86. The first-order valence-corrected chi connectivity index (χ1v) is 5.90. The molecule has 0 spiro atoms. The summed E-state index contributed by atoms with van der Waals surface area (Å²) >= 11 is 0. The van der Waals surface area contributed by atoms with Gasteiger partial charge in [0.05, 0.1) is 12.3 Å². The molecular formula is C11H18N4O4. The number of ether oxygens (including phenoxy) is 2. The number of esters is 1. The Hall–Kier alpha value is -1.96. The number of aromatic nitrogens is 3. The zero-order valence-corrected chi connectivity index (χ0v) is 11.3. The van der Waals surface area contributed by atoms with Gasteiger partial charge in [-0.3, -0.25) is 4.79 Å². The van der Waals surface area contributed by atoms with E-state index in [-0.39, 0.29) is 12.3 Å². The highest BCUT2D eigenvalue weighted by Crippen LogP contribution is 2.14. The molecule has 1 atom stereocenters. The molecule has 8 heteroatoms. The Morgan fingerprint density at radius 1 is 1.42 bits per heavy atom. The minimum Gasteiger partial charge on any atom is -0.458 e. The highest BCUT2D eigenvalue weighted by atomic mass is 16.6. The Morgan fingerprint density at radius 2 is 2.11 bits per heavy atom. The molecule has 2 N–H and O–H groups in total. The molecule has 1 aromatic rings. The lowest BCUT2D eigenvalue weighted by Gasteiger charge is -2.12. The van der Waals surface area contributed by atoms with Crippen molar-refractivity contribution < 1.29 is 19.1 Å². The summed E-state index contributed by atoms with van der Waals surface area (Å²) in [6.07, 6.45) is 0.470. The van der Waals surface area contributed by atoms with Gasteiger partial charge in [-0.05, 0) is 13.3 Å². The van der Waals surface area contributed by atoms with Crippen LogP contribution in [0.1, 0.15) is 35.6 Å². The van der Waals surface area contributed by atoms with Crippen LogP contribution >= 0.6 is 0 Å². The molecule has 1 heterocycles. The monoisotopic (exact) mass is 270 g/mol. The van der Waals surface area contributed by atoms with E-state index in [4.69, 9.17) is 15.2 Å². The van der Waals surface area contributed by atoms with Crippen molar-refractivity contribution in [1.82, 2.24) is 15.0 Å². The molecule has 19 heavy (non-hydrogen) atoms. The van der Waals surface area contributed by atoms with Crippen LogP contribution in [0, 0.1) is 6.92 Å². The molecular weight excluding hydrogens is 252 g/mol. The molecule has 106 valence electrons. The lowest BCUT2D eigenvalue weighted by Crippen LogP contribution is -2.27. The molecule has 0 saturated heterocycles. The summed E-state index contributed by atoms with van der Waals surface area (Å²) in [7, 11) is 1.51. The molecule has 0 bridgehead atoms. The molecule has 0 aliphatic rings. The van der Waals surface area contributed by atoms with E-state index >= 15 is 0 Å². The highest BCUT2D eigenvalue weighted by Gasteiger charge is 2.24. The van der Waals surface area contributed by atoms with Crippen LogP contribution in [0.15, 0.2) is 0 Å². The maximum absolute atomic E-state index is 11.7. The molecule has 1 amide bonds. The molecule has 1 rings (SSSR count). The van der Waals surface area contributed by atoms with Crippen molar-refractivity contribution in [2.75, 3.05) is 20.3 Å². The van der Waals surface area contributed by atoms with E-state index < -0.39 is 17.9 Å². The second kappa shape index (κ2) is 6.83. The topological polar surface area (TPSA) is 109 Å².